The van der Waals surface area contributed by atoms with E-state index < -0.39 is 23.8 Å². The Morgan fingerprint density at radius 3 is 2.46 bits per heavy atom. The highest BCUT2D eigenvalue weighted by Gasteiger charge is 2.46. The molecule has 2 N–H and O–H groups in total. The van der Waals surface area contributed by atoms with Crippen LogP contribution in [0.1, 0.15) is 39.1 Å². The maximum atomic E-state index is 12.8. The Hall–Kier alpha value is -2.58. The molecule has 8 heteroatoms. The van der Waals surface area contributed by atoms with Gasteiger partial charge in [0.2, 0.25) is 11.8 Å². The zero-order chi connectivity index (χ0) is 18.0. The van der Waals surface area contributed by atoms with E-state index in [-0.39, 0.29) is 18.7 Å². The average molecular weight is 354 g/mol. The van der Waals surface area contributed by atoms with Crippen molar-refractivity contribution in [3.63, 3.8) is 0 Å². The van der Waals surface area contributed by atoms with Crippen LogP contribution in [0.2, 0.25) is 0 Å². The Labute approximate surface area is 149 Å². The molecule has 3 atom stereocenters. The zero-order valence-corrected chi connectivity index (χ0v) is 14.0. The number of hydrogen-bond donors (Lipinski definition) is 2. The number of carbonyl (C=O) groups excluding carboxylic acids is 4. The molecule has 0 spiro atoms. The molecule has 1 unspecified atom stereocenters. The summed E-state index contributed by atoms with van der Waals surface area (Å²) in [5, 5.41) is 5.58. The number of piperazine rings is 1. The summed E-state index contributed by atoms with van der Waals surface area (Å²) in [6.45, 7) is 2.73. The maximum absolute atomic E-state index is 12.8. The van der Waals surface area contributed by atoms with Crippen LogP contribution in [-0.4, -0.2) is 64.6 Å². The molecule has 8 nitrogen and oxygen atoms in total. The highest BCUT2D eigenvalue weighted by atomic mass is 16.2. The fourth-order valence-electron chi connectivity index (χ4n) is 4.21. The van der Waals surface area contributed by atoms with E-state index in [2.05, 4.69) is 15.5 Å². The van der Waals surface area contributed by atoms with Gasteiger partial charge in [-0.25, -0.2) is 0 Å². The summed E-state index contributed by atoms with van der Waals surface area (Å²) >= 11 is 0. The number of imide groups is 2. The number of carbonyl (C=O) groups is 4. The van der Waals surface area contributed by atoms with Gasteiger partial charge in [0.05, 0.1) is 11.1 Å². The molecule has 4 aliphatic rings. The van der Waals surface area contributed by atoms with Crippen molar-refractivity contribution in [3.8, 4) is 0 Å². The molecule has 5 rings (SSSR count). The van der Waals surface area contributed by atoms with Crippen LogP contribution in [-0.2, 0) is 16.1 Å². The first-order valence-corrected chi connectivity index (χ1v) is 8.84. The number of benzene rings is 1. The van der Waals surface area contributed by atoms with Crippen molar-refractivity contribution in [2.45, 2.75) is 37.5 Å². The summed E-state index contributed by atoms with van der Waals surface area (Å²) in [5.41, 5.74) is 1.66. The smallest absolute Gasteiger partial charge is 0.262 e. The number of hydrogen-bond acceptors (Lipinski definition) is 6. The summed E-state index contributed by atoms with van der Waals surface area (Å²) in [7, 11) is 0. The van der Waals surface area contributed by atoms with E-state index in [4.69, 9.17) is 0 Å². The SMILES string of the molecule is O=C1CCC(N2C(=O)c3ccc(CN4C[C@@H]5N[C@@H]5C4)cc3C2=O)C(=O)N1. The molecular weight excluding hydrogens is 336 g/mol. The van der Waals surface area contributed by atoms with Crippen LogP contribution in [0.25, 0.3) is 0 Å². The second kappa shape index (κ2) is 5.46. The van der Waals surface area contributed by atoms with Gasteiger partial charge in [-0.1, -0.05) is 6.07 Å². The maximum Gasteiger partial charge on any atom is 0.262 e. The Balaban J connectivity index is 1.38. The van der Waals surface area contributed by atoms with Crippen molar-refractivity contribution >= 4 is 23.6 Å². The van der Waals surface area contributed by atoms with Crippen LogP contribution in [0.3, 0.4) is 0 Å². The van der Waals surface area contributed by atoms with Crippen molar-refractivity contribution in [1.29, 1.82) is 0 Å². The van der Waals surface area contributed by atoms with Gasteiger partial charge in [-0.3, -0.25) is 34.3 Å². The number of nitrogens with zero attached hydrogens (tertiary/aromatic N) is 2. The predicted octanol–water partition coefficient (Wildman–Crippen LogP) is -0.756. The van der Waals surface area contributed by atoms with Gasteiger partial charge in [-0.2, -0.15) is 0 Å². The van der Waals surface area contributed by atoms with Crippen molar-refractivity contribution in [3.05, 3.63) is 34.9 Å². The molecule has 0 radical (unpaired) electrons. The normalized spacial score (nSPS) is 30.5. The lowest BCUT2D eigenvalue weighted by Crippen LogP contribution is -2.54. The van der Waals surface area contributed by atoms with Crippen LogP contribution < -0.4 is 10.6 Å². The van der Waals surface area contributed by atoms with E-state index in [1.807, 2.05) is 6.07 Å². The number of amides is 4. The highest BCUT2D eigenvalue weighted by Crippen LogP contribution is 2.29. The Morgan fingerprint density at radius 1 is 1.00 bits per heavy atom. The van der Waals surface area contributed by atoms with E-state index in [9.17, 15) is 19.2 Å². The van der Waals surface area contributed by atoms with Crippen LogP contribution in [0.4, 0.5) is 0 Å². The third kappa shape index (κ3) is 2.37. The number of likely N-dealkylation sites (tertiary alicyclic amines) is 1. The molecule has 3 saturated heterocycles. The minimum Gasteiger partial charge on any atom is -0.306 e. The minimum absolute atomic E-state index is 0.125. The lowest BCUT2D eigenvalue weighted by atomic mass is 10.0. The summed E-state index contributed by atoms with van der Waals surface area (Å²) in [6, 6.07) is 5.58. The molecule has 0 aliphatic carbocycles. The number of fused-ring (bicyclic) bond motifs is 2. The monoisotopic (exact) mass is 354 g/mol. The first kappa shape index (κ1) is 15.7. The Bertz CT molecular complexity index is 857. The Morgan fingerprint density at radius 2 is 1.73 bits per heavy atom. The minimum atomic E-state index is -0.916. The van der Waals surface area contributed by atoms with E-state index in [1.165, 1.54) is 0 Å². The first-order valence-electron chi connectivity index (χ1n) is 8.84. The van der Waals surface area contributed by atoms with Crippen molar-refractivity contribution in [2.24, 2.45) is 0 Å². The molecule has 26 heavy (non-hydrogen) atoms. The van der Waals surface area contributed by atoms with Crippen LogP contribution in [0.5, 0.6) is 0 Å². The average Bonchev–Trinajstić information content (AvgIpc) is 3.14. The molecule has 1 aromatic carbocycles. The molecule has 4 aliphatic heterocycles. The molecule has 0 saturated carbocycles. The van der Waals surface area contributed by atoms with Gasteiger partial charge in [0.25, 0.3) is 11.8 Å². The van der Waals surface area contributed by atoms with Gasteiger partial charge in [-0.15, -0.1) is 0 Å². The summed E-state index contributed by atoms with van der Waals surface area (Å²) in [5.74, 6) is -1.87. The van der Waals surface area contributed by atoms with Crippen molar-refractivity contribution in [2.75, 3.05) is 13.1 Å². The quantitative estimate of drug-likeness (QED) is 0.546. The van der Waals surface area contributed by atoms with E-state index in [0.29, 0.717) is 23.2 Å². The van der Waals surface area contributed by atoms with Crippen LogP contribution in [0, 0.1) is 0 Å². The lowest BCUT2D eigenvalue weighted by molar-refractivity contribution is -0.136. The molecule has 4 heterocycles. The van der Waals surface area contributed by atoms with Crippen LogP contribution >= 0.6 is 0 Å². The number of nitrogens with one attached hydrogen (secondary N) is 2. The van der Waals surface area contributed by atoms with E-state index in [1.54, 1.807) is 12.1 Å². The predicted molar refractivity (Wildman–Crippen MR) is 89.1 cm³/mol. The van der Waals surface area contributed by atoms with Crippen molar-refractivity contribution in [1.82, 2.24) is 20.4 Å². The summed E-state index contributed by atoms with van der Waals surface area (Å²) in [4.78, 5) is 52.2. The number of piperidine rings is 1. The van der Waals surface area contributed by atoms with Gasteiger partial charge in [0, 0.05) is 38.1 Å². The van der Waals surface area contributed by atoms with E-state index >= 15 is 0 Å². The van der Waals surface area contributed by atoms with Crippen molar-refractivity contribution < 1.29 is 19.2 Å². The molecule has 0 bridgehead atoms. The Kier molecular flexibility index (Phi) is 3.29. The third-order valence-electron chi connectivity index (χ3n) is 5.62. The molecule has 3 fully saturated rings. The number of rotatable bonds is 3. The topological polar surface area (TPSA) is 109 Å². The largest absolute Gasteiger partial charge is 0.306 e. The standard InChI is InChI=1S/C18H18N4O4/c23-15-4-3-14(16(24)20-15)22-17(25)10-2-1-9(5-11(10)18(22)26)6-21-7-12-13(8-21)19-12/h1-2,5,12-14,19H,3-4,6-8H2,(H,20,23,24)/t12-,13+,14?. The second-order valence-corrected chi connectivity index (χ2v) is 7.40. The molecule has 0 aromatic heterocycles. The van der Waals surface area contributed by atoms with Gasteiger partial charge in [0.15, 0.2) is 0 Å². The lowest BCUT2D eigenvalue weighted by Gasteiger charge is -2.27. The summed E-state index contributed by atoms with van der Waals surface area (Å²) < 4.78 is 0. The summed E-state index contributed by atoms with van der Waals surface area (Å²) in [6.07, 6.45) is 0.299. The fourth-order valence-corrected chi connectivity index (χ4v) is 4.21. The zero-order valence-electron chi connectivity index (χ0n) is 14.0. The van der Waals surface area contributed by atoms with Gasteiger partial charge in [-0.05, 0) is 24.1 Å². The highest BCUT2D eigenvalue weighted by molar-refractivity contribution is 6.23. The van der Waals surface area contributed by atoms with Gasteiger partial charge >= 0.3 is 0 Å². The van der Waals surface area contributed by atoms with E-state index in [0.717, 1.165) is 30.1 Å². The molecular formula is C18H18N4O4. The van der Waals surface area contributed by atoms with Gasteiger partial charge in [0.1, 0.15) is 6.04 Å². The second-order valence-electron chi connectivity index (χ2n) is 7.40. The molecule has 1 aromatic rings. The van der Waals surface area contributed by atoms with Gasteiger partial charge < -0.3 is 5.32 Å². The molecule has 4 amide bonds. The third-order valence-corrected chi connectivity index (χ3v) is 5.62. The fraction of sp³-hybridized carbons (Fsp3) is 0.444. The first-order chi connectivity index (χ1) is 12.5. The van der Waals surface area contributed by atoms with Crippen LogP contribution in [0.15, 0.2) is 18.2 Å². The molecule has 134 valence electrons.